The molecule has 0 bridgehead atoms. The number of pyridine rings is 1. The molecule has 6 nitrogen and oxygen atoms in total. The van der Waals surface area contributed by atoms with Crippen molar-refractivity contribution in [3.05, 3.63) is 71.7 Å². The molecular formula is C23H29FN4O2S. The predicted octanol–water partition coefficient (Wildman–Crippen LogP) is 4.42. The van der Waals surface area contributed by atoms with Crippen LogP contribution in [0.1, 0.15) is 50.3 Å². The van der Waals surface area contributed by atoms with E-state index in [1.54, 1.807) is 12.3 Å². The van der Waals surface area contributed by atoms with Crippen molar-refractivity contribution in [1.29, 1.82) is 0 Å². The van der Waals surface area contributed by atoms with Crippen LogP contribution in [0, 0.1) is 11.2 Å². The van der Waals surface area contributed by atoms with Crippen molar-refractivity contribution in [2.45, 2.75) is 46.1 Å². The monoisotopic (exact) mass is 444 g/mol. The number of imidazole rings is 1. The number of aromatic nitrogens is 3. The molecule has 0 spiro atoms. The molecular weight excluding hydrogens is 415 g/mol. The van der Waals surface area contributed by atoms with Gasteiger partial charge in [0.05, 0.1) is 24.2 Å². The lowest BCUT2D eigenvalue weighted by atomic mass is 9.85. The Morgan fingerprint density at radius 2 is 1.81 bits per heavy atom. The molecule has 1 aromatic carbocycles. The normalized spacial score (nSPS) is 13.3. The van der Waals surface area contributed by atoms with Crippen molar-refractivity contribution >= 4 is 10.0 Å². The summed E-state index contributed by atoms with van der Waals surface area (Å²) in [6, 6.07) is 10.1. The molecule has 0 saturated carbocycles. The first-order valence-electron chi connectivity index (χ1n) is 10.3. The Hall–Kier alpha value is -2.58. The lowest BCUT2D eigenvalue weighted by Crippen LogP contribution is -2.29. The summed E-state index contributed by atoms with van der Waals surface area (Å²) in [6.07, 6.45) is 6.42. The zero-order chi connectivity index (χ0) is 22.6. The highest BCUT2D eigenvalue weighted by Gasteiger charge is 2.22. The summed E-state index contributed by atoms with van der Waals surface area (Å²) in [5.41, 5.74) is 3.60. The smallest absolute Gasteiger partial charge is 0.209 e. The van der Waals surface area contributed by atoms with Crippen molar-refractivity contribution in [3.63, 3.8) is 0 Å². The van der Waals surface area contributed by atoms with Gasteiger partial charge in [-0.2, -0.15) is 0 Å². The maximum Gasteiger partial charge on any atom is 0.209 e. The Kier molecular flexibility index (Phi) is 6.91. The molecule has 1 unspecified atom stereocenters. The van der Waals surface area contributed by atoms with Gasteiger partial charge in [0.15, 0.2) is 0 Å². The van der Waals surface area contributed by atoms with Crippen LogP contribution < -0.4 is 4.72 Å². The van der Waals surface area contributed by atoms with E-state index >= 15 is 0 Å². The molecule has 0 amide bonds. The third kappa shape index (κ3) is 6.70. The van der Waals surface area contributed by atoms with Gasteiger partial charge in [-0.25, -0.2) is 22.5 Å². The molecule has 2 aromatic heterocycles. The summed E-state index contributed by atoms with van der Waals surface area (Å²) >= 11 is 0. The number of halogens is 1. The quantitative estimate of drug-likeness (QED) is 0.511. The number of H-pyrrole nitrogens is 1. The van der Waals surface area contributed by atoms with Crippen LogP contribution in [0.5, 0.6) is 0 Å². The molecule has 166 valence electrons. The van der Waals surface area contributed by atoms with Crippen LogP contribution in [-0.2, 0) is 22.9 Å². The average molecular weight is 445 g/mol. The fourth-order valence-electron chi connectivity index (χ4n) is 3.33. The number of benzene rings is 1. The molecule has 8 heteroatoms. The molecule has 2 heterocycles. The summed E-state index contributed by atoms with van der Waals surface area (Å²) < 4.78 is 39.7. The molecule has 0 aliphatic heterocycles. The average Bonchev–Trinajstić information content (AvgIpc) is 3.15. The van der Waals surface area contributed by atoms with Gasteiger partial charge in [-0.05, 0) is 36.0 Å². The van der Waals surface area contributed by atoms with E-state index < -0.39 is 16.1 Å². The van der Waals surface area contributed by atoms with Gasteiger partial charge in [0.25, 0.3) is 0 Å². The number of hydrogen-bond donors (Lipinski definition) is 2. The lowest BCUT2D eigenvalue weighted by molar-refractivity contribution is 0.345. The van der Waals surface area contributed by atoms with Crippen molar-refractivity contribution in [2.75, 3.05) is 6.26 Å². The maximum atomic E-state index is 13.1. The molecule has 2 N–H and O–H groups in total. The number of nitrogens with zero attached hydrogens (tertiary/aromatic N) is 2. The first-order chi connectivity index (χ1) is 14.5. The van der Waals surface area contributed by atoms with Gasteiger partial charge in [0.2, 0.25) is 10.0 Å². The molecule has 31 heavy (non-hydrogen) atoms. The standard InChI is InChI=1S/C23H29FN4O2S/c1-5-23(2,3)13-19-15-26-22(27-19)21(28-31(4,29)30)12-16-6-8-17(9-7-16)20-11-10-18(24)14-25-20/h6-11,14-15,21,28H,5,12-13H2,1-4H3,(H,26,27). The van der Waals surface area contributed by atoms with E-state index in [-0.39, 0.29) is 11.2 Å². The minimum atomic E-state index is -3.43. The predicted molar refractivity (Wildman–Crippen MR) is 120 cm³/mol. The molecule has 3 aromatic rings. The maximum absolute atomic E-state index is 13.1. The van der Waals surface area contributed by atoms with Gasteiger partial charge in [-0.1, -0.05) is 51.5 Å². The van der Waals surface area contributed by atoms with Crippen molar-refractivity contribution < 1.29 is 12.8 Å². The number of nitrogens with one attached hydrogen (secondary N) is 2. The van der Waals surface area contributed by atoms with Crippen LogP contribution >= 0.6 is 0 Å². The van der Waals surface area contributed by atoms with Crippen LogP contribution in [0.25, 0.3) is 11.3 Å². The van der Waals surface area contributed by atoms with Crippen molar-refractivity contribution in [2.24, 2.45) is 5.41 Å². The van der Waals surface area contributed by atoms with Crippen LogP contribution in [0.4, 0.5) is 4.39 Å². The minimum absolute atomic E-state index is 0.133. The SMILES string of the molecule is CCC(C)(C)Cc1cnc(C(Cc2ccc(-c3ccc(F)cn3)cc2)NS(C)(=O)=O)[nH]1. The van der Waals surface area contributed by atoms with Crippen LogP contribution in [0.3, 0.4) is 0 Å². The van der Waals surface area contributed by atoms with Gasteiger partial charge in [-0.15, -0.1) is 0 Å². The first kappa shape index (κ1) is 23.1. The van der Waals surface area contributed by atoms with Crippen molar-refractivity contribution in [1.82, 2.24) is 19.7 Å². The van der Waals surface area contributed by atoms with Crippen LogP contribution in [0.2, 0.25) is 0 Å². The van der Waals surface area contributed by atoms with E-state index in [1.165, 1.54) is 12.3 Å². The second-order valence-corrected chi connectivity index (χ2v) is 10.5. The van der Waals surface area contributed by atoms with Gasteiger partial charge in [-0.3, -0.25) is 4.98 Å². The third-order valence-corrected chi connectivity index (χ3v) is 6.09. The Morgan fingerprint density at radius 3 is 2.39 bits per heavy atom. The Bertz CT molecular complexity index is 1110. The van der Waals surface area contributed by atoms with E-state index in [1.807, 2.05) is 24.3 Å². The second-order valence-electron chi connectivity index (χ2n) is 8.69. The number of rotatable bonds is 9. The largest absolute Gasteiger partial charge is 0.344 e. The van der Waals surface area contributed by atoms with Crippen LogP contribution in [-0.4, -0.2) is 29.6 Å². The van der Waals surface area contributed by atoms with Crippen LogP contribution in [0.15, 0.2) is 48.8 Å². The molecule has 0 aliphatic carbocycles. The topological polar surface area (TPSA) is 87.7 Å². The highest BCUT2D eigenvalue weighted by atomic mass is 32.2. The zero-order valence-corrected chi connectivity index (χ0v) is 19.1. The van der Waals surface area contributed by atoms with E-state index in [9.17, 15) is 12.8 Å². The van der Waals surface area contributed by atoms with Gasteiger partial charge in [0, 0.05) is 17.5 Å². The summed E-state index contributed by atoms with van der Waals surface area (Å²) in [5, 5.41) is 0. The fourth-order valence-corrected chi connectivity index (χ4v) is 4.04. The third-order valence-electron chi connectivity index (χ3n) is 5.38. The van der Waals surface area contributed by atoms with Gasteiger partial charge < -0.3 is 4.98 Å². The van der Waals surface area contributed by atoms with Gasteiger partial charge >= 0.3 is 0 Å². The number of aromatic amines is 1. The van der Waals surface area contributed by atoms with E-state index in [2.05, 4.69) is 40.4 Å². The highest BCUT2D eigenvalue weighted by molar-refractivity contribution is 7.88. The Morgan fingerprint density at radius 1 is 1.10 bits per heavy atom. The molecule has 1 atom stereocenters. The lowest BCUT2D eigenvalue weighted by Gasteiger charge is -2.21. The number of sulfonamides is 1. The summed E-state index contributed by atoms with van der Waals surface area (Å²) in [7, 11) is -3.43. The minimum Gasteiger partial charge on any atom is -0.344 e. The number of hydrogen-bond acceptors (Lipinski definition) is 4. The van der Waals surface area contributed by atoms with Gasteiger partial charge in [0.1, 0.15) is 11.6 Å². The molecule has 0 aliphatic rings. The summed E-state index contributed by atoms with van der Waals surface area (Å²) in [6.45, 7) is 6.53. The van der Waals surface area contributed by atoms with E-state index in [0.717, 1.165) is 35.9 Å². The van der Waals surface area contributed by atoms with Crippen molar-refractivity contribution in [3.8, 4) is 11.3 Å². The second kappa shape index (κ2) is 9.28. The van der Waals surface area contributed by atoms with E-state index in [0.29, 0.717) is 17.9 Å². The Labute approximate surface area is 183 Å². The van der Waals surface area contributed by atoms with E-state index in [4.69, 9.17) is 0 Å². The molecule has 3 rings (SSSR count). The summed E-state index contributed by atoms with van der Waals surface area (Å²) in [5.74, 6) is 0.215. The first-order valence-corrected chi connectivity index (χ1v) is 12.2. The fraction of sp³-hybridized carbons (Fsp3) is 0.391. The summed E-state index contributed by atoms with van der Waals surface area (Å²) in [4.78, 5) is 11.9. The zero-order valence-electron chi connectivity index (χ0n) is 18.3. The molecule has 0 radical (unpaired) electrons. The Balaban J connectivity index is 1.80. The highest BCUT2D eigenvalue weighted by Crippen LogP contribution is 2.26. The molecule has 0 fully saturated rings. The molecule has 0 saturated heterocycles.